The van der Waals surface area contributed by atoms with Gasteiger partial charge in [0.1, 0.15) is 42.0 Å². The van der Waals surface area contributed by atoms with Crippen LogP contribution in [0.4, 0.5) is 8.78 Å². The minimum Gasteiger partial charge on any atom is -0.459 e. The first-order chi connectivity index (χ1) is 14.2. The summed E-state index contributed by atoms with van der Waals surface area (Å²) < 4.78 is 39.3. The number of aliphatic hydroxyl groups is 1. The molecule has 2 aromatic rings. The molecule has 158 valence electrons. The molecule has 30 heavy (non-hydrogen) atoms. The van der Waals surface area contributed by atoms with Crippen molar-refractivity contribution < 1.29 is 32.6 Å². The van der Waals surface area contributed by atoms with Gasteiger partial charge in [0.2, 0.25) is 5.60 Å². The van der Waals surface area contributed by atoms with Crippen molar-refractivity contribution in [2.24, 2.45) is 0 Å². The Labute approximate surface area is 173 Å². The summed E-state index contributed by atoms with van der Waals surface area (Å²) in [6.07, 6.45) is 1.38. The highest BCUT2D eigenvalue weighted by atomic mass is 19.1. The topological polar surface area (TPSA) is 59.1 Å². The van der Waals surface area contributed by atoms with Crippen LogP contribution in [-0.2, 0) is 19.9 Å². The first kappa shape index (κ1) is 19.6. The average Bonchev–Trinajstić information content (AvgIpc) is 3.47. The predicted octanol–water partition coefficient (Wildman–Crippen LogP) is 2.50. The van der Waals surface area contributed by atoms with Crippen LogP contribution < -0.4 is 0 Å². The molecule has 5 rings (SSSR count). The Balaban J connectivity index is 1.44. The lowest BCUT2D eigenvalue weighted by atomic mass is 9.86. The quantitative estimate of drug-likeness (QED) is 0.473. The zero-order chi connectivity index (χ0) is 21.3. The summed E-state index contributed by atoms with van der Waals surface area (Å²) in [4.78, 5) is 13.3. The number of carbonyl (C=O) groups is 1. The monoisotopic (exact) mass is 416 g/mol. The molecule has 3 aliphatic heterocycles. The van der Waals surface area contributed by atoms with Crippen LogP contribution in [0.3, 0.4) is 0 Å². The van der Waals surface area contributed by atoms with E-state index < -0.39 is 23.2 Å². The molecule has 2 bridgehead atoms. The minimum absolute atomic E-state index is 0.168. The lowest BCUT2D eigenvalue weighted by Crippen LogP contribution is -2.60. The third-order valence-electron chi connectivity index (χ3n) is 7.13. The highest BCUT2D eigenvalue weighted by molar-refractivity contribution is 5.85. The smallest absolute Gasteiger partial charge is 0.347 e. The van der Waals surface area contributed by atoms with E-state index >= 15 is 0 Å². The molecular weight excluding hydrogens is 392 g/mol. The van der Waals surface area contributed by atoms with Crippen molar-refractivity contribution in [3.05, 3.63) is 71.3 Å². The number of morpholine rings is 1. The van der Waals surface area contributed by atoms with Gasteiger partial charge in [0.25, 0.3) is 0 Å². The average molecular weight is 416 g/mol. The molecule has 2 aromatic carbocycles. The lowest BCUT2D eigenvalue weighted by Gasteiger charge is -2.45. The number of hydrogen-bond donors (Lipinski definition) is 1. The highest BCUT2D eigenvalue weighted by Gasteiger charge is 2.71. The van der Waals surface area contributed by atoms with Crippen LogP contribution in [0.15, 0.2) is 48.5 Å². The first-order valence-electron chi connectivity index (χ1n) is 10.2. The molecule has 0 amide bonds. The number of carbonyl (C=O) groups excluding carboxylic acids is 1. The van der Waals surface area contributed by atoms with Crippen LogP contribution in [-0.4, -0.2) is 60.0 Å². The van der Waals surface area contributed by atoms with E-state index in [4.69, 9.17) is 9.47 Å². The van der Waals surface area contributed by atoms with Gasteiger partial charge in [-0.3, -0.25) is 0 Å². The molecule has 0 aliphatic carbocycles. The third kappa shape index (κ3) is 2.87. The van der Waals surface area contributed by atoms with E-state index in [2.05, 4.69) is 14.1 Å². The molecule has 5 atom stereocenters. The Morgan fingerprint density at radius 2 is 1.40 bits per heavy atom. The standard InChI is InChI=1S/C23H24F2NO4/c1-26(2)18-11-17(12-19(26)21-20(18)30-21)29-22(27)23(28,13-3-7-15(24)8-4-13)14-5-9-16(25)10-6-14/h3-10,17-21,28H,11-12H2,1-2H3/q+1/t17?,18-,19?,20-,21?/m0/s1. The van der Waals surface area contributed by atoms with Crippen LogP contribution in [0.2, 0.25) is 0 Å². The van der Waals surface area contributed by atoms with Crippen molar-refractivity contribution in [2.45, 2.75) is 48.8 Å². The van der Waals surface area contributed by atoms with E-state index in [9.17, 15) is 18.7 Å². The van der Waals surface area contributed by atoms with Crippen LogP contribution in [0.5, 0.6) is 0 Å². The second-order valence-corrected chi connectivity index (χ2v) is 9.05. The summed E-state index contributed by atoms with van der Waals surface area (Å²) in [5.74, 6) is -1.82. The zero-order valence-electron chi connectivity index (χ0n) is 16.8. The molecule has 1 N–H and O–H groups in total. The molecule has 0 saturated carbocycles. The summed E-state index contributed by atoms with van der Waals surface area (Å²) in [5.41, 5.74) is -1.83. The number of fused-ring (bicyclic) bond motifs is 5. The molecule has 0 spiro atoms. The first-order valence-corrected chi connectivity index (χ1v) is 10.2. The van der Waals surface area contributed by atoms with E-state index in [1.165, 1.54) is 48.5 Å². The SMILES string of the molecule is C[N+]1(C)C2CC(OC(=O)C(O)(c3ccc(F)cc3)c3ccc(F)cc3)C[C@H]1[C@@H]1OC21. The predicted molar refractivity (Wildman–Crippen MR) is 103 cm³/mol. The Kier molecular flexibility index (Phi) is 4.29. The van der Waals surface area contributed by atoms with E-state index in [0.29, 0.717) is 12.8 Å². The van der Waals surface area contributed by atoms with Crippen LogP contribution >= 0.6 is 0 Å². The fourth-order valence-electron chi connectivity index (χ4n) is 5.32. The molecular formula is C23H24F2NO4+. The number of quaternary nitrogens is 1. The third-order valence-corrected chi connectivity index (χ3v) is 7.13. The maximum atomic E-state index is 13.4. The van der Waals surface area contributed by atoms with Gasteiger partial charge in [-0.15, -0.1) is 0 Å². The Morgan fingerprint density at radius 3 is 1.83 bits per heavy atom. The number of nitrogens with zero attached hydrogens (tertiary/aromatic N) is 1. The molecule has 0 aromatic heterocycles. The summed E-state index contributed by atoms with van der Waals surface area (Å²) in [6, 6.07) is 10.5. The number of piperidine rings is 1. The fourth-order valence-corrected chi connectivity index (χ4v) is 5.32. The van der Waals surface area contributed by atoms with Crippen molar-refractivity contribution in [1.82, 2.24) is 0 Å². The van der Waals surface area contributed by atoms with E-state index in [1.807, 2.05) is 0 Å². The van der Waals surface area contributed by atoms with Crippen LogP contribution in [0, 0.1) is 11.6 Å². The number of rotatable bonds is 4. The molecule has 3 saturated heterocycles. The van der Waals surface area contributed by atoms with Gasteiger partial charge < -0.3 is 19.1 Å². The molecule has 5 nitrogen and oxygen atoms in total. The molecule has 7 heteroatoms. The summed E-state index contributed by atoms with van der Waals surface area (Å²) in [5, 5.41) is 11.5. The van der Waals surface area contributed by atoms with Gasteiger partial charge in [-0.1, -0.05) is 24.3 Å². The molecule has 0 radical (unpaired) electrons. The zero-order valence-corrected chi connectivity index (χ0v) is 16.8. The molecule has 3 fully saturated rings. The fraction of sp³-hybridized carbons (Fsp3) is 0.435. The number of halogens is 2. The Hall–Kier alpha value is -2.35. The van der Waals surface area contributed by atoms with Crippen LogP contribution in [0.1, 0.15) is 24.0 Å². The Bertz CT molecular complexity index is 910. The van der Waals surface area contributed by atoms with Gasteiger partial charge in [-0.2, -0.15) is 0 Å². The summed E-state index contributed by atoms with van der Waals surface area (Å²) in [6.45, 7) is 0. The van der Waals surface area contributed by atoms with Gasteiger partial charge in [0.05, 0.1) is 14.1 Å². The maximum absolute atomic E-state index is 13.4. The summed E-state index contributed by atoms with van der Waals surface area (Å²) >= 11 is 0. The van der Waals surface area contributed by atoms with Gasteiger partial charge in [0, 0.05) is 12.8 Å². The van der Waals surface area contributed by atoms with Gasteiger partial charge >= 0.3 is 5.97 Å². The normalized spacial score (nSPS) is 31.2. The largest absolute Gasteiger partial charge is 0.459 e. The van der Waals surface area contributed by atoms with Gasteiger partial charge in [-0.05, 0) is 35.4 Å². The van der Waals surface area contributed by atoms with Crippen molar-refractivity contribution in [2.75, 3.05) is 14.1 Å². The number of likely N-dealkylation sites (N-methyl/N-ethyl adjacent to an activating group) is 1. The molecule has 3 heterocycles. The maximum Gasteiger partial charge on any atom is 0.347 e. The van der Waals surface area contributed by atoms with Crippen molar-refractivity contribution in [3.8, 4) is 0 Å². The second kappa shape index (κ2) is 6.57. The van der Waals surface area contributed by atoms with E-state index in [1.54, 1.807) is 0 Å². The number of esters is 1. The number of epoxide rings is 1. The summed E-state index contributed by atoms with van der Waals surface area (Å²) in [7, 11) is 4.35. The van der Waals surface area contributed by atoms with Crippen molar-refractivity contribution >= 4 is 5.97 Å². The number of ether oxygens (including phenoxy) is 2. The lowest BCUT2D eigenvalue weighted by molar-refractivity contribution is -0.938. The Morgan fingerprint density at radius 1 is 0.967 bits per heavy atom. The number of hydrogen-bond acceptors (Lipinski definition) is 4. The number of benzene rings is 2. The van der Waals surface area contributed by atoms with E-state index in [-0.39, 0.29) is 41.5 Å². The van der Waals surface area contributed by atoms with Gasteiger partial charge in [-0.25, -0.2) is 13.6 Å². The van der Waals surface area contributed by atoms with Gasteiger partial charge in [0.15, 0.2) is 0 Å². The second-order valence-electron chi connectivity index (χ2n) is 9.05. The highest BCUT2D eigenvalue weighted by Crippen LogP contribution is 2.51. The van der Waals surface area contributed by atoms with E-state index in [0.717, 1.165) is 4.48 Å². The minimum atomic E-state index is -2.16. The molecule has 3 aliphatic rings. The van der Waals surface area contributed by atoms with Crippen molar-refractivity contribution in [3.63, 3.8) is 0 Å². The van der Waals surface area contributed by atoms with Crippen LogP contribution in [0.25, 0.3) is 0 Å². The molecule has 3 unspecified atom stereocenters. The van der Waals surface area contributed by atoms with Crippen molar-refractivity contribution in [1.29, 1.82) is 0 Å².